The van der Waals surface area contributed by atoms with Crippen molar-refractivity contribution in [3.8, 4) is 17.2 Å². The number of nitrogens with two attached hydrogens (primary N) is 5. The Morgan fingerprint density at radius 2 is 1.15 bits per heavy atom. The Hall–Kier alpha value is -10.3. The summed E-state index contributed by atoms with van der Waals surface area (Å²) in [6.45, 7) is 0.0287. The van der Waals surface area contributed by atoms with Gasteiger partial charge in [0.25, 0.3) is 0 Å². The number of hydrogen-bond donors (Lipinski definition) is 11. The third-order valence-electron chi connectivity index (χ3n) is 16.6. The van der Waals surface area contributed by atoms with Crippen LogP contribution < -0.4 is 60.0 Å². The van der Waals surface area contributed by atoms with Crippen LogP contribution in [0.2, 0.25) is 0 Å². The summed E-state index contributed by atoms with van der Waals surface area (Å²) in [6, 6.07) is 32.0. The van der Waals surface area contributed by atoms with Crippen LogP contribution in [0.25, 0.3) is 0 Å². The highest BCUT2D eigenvalue weighted by Gasteiger charge is 2.41. The monoisotopic (exact) mass is 1410 g/mol. The van der Waals surface area contributed by atoms with Gasteiger partial charge in [0.05, 0.1) is 23.8 Å². The molecule has 9 atom stereocenters. The van der Waals surface area contributed by atoms with E-state index in [1.807, 2.05) is 54.6 Å². The van der Waals surface area contributed by atoms with E-state index < -0.39 is 144 Å². The number of carbonyl (C=O) groups is 12. The Morgan fingerprint density at radius 1 is 0.580 bits per heavy atom. The normalized spacial score (nSPS) is 16.5. The summed E-state index contributed by atoms with van der Waals surface area (Å²) in [4.78, 5) is 171. The molecule has 2 aliphatic rings. The third kappa shape index (κ3) is 25.5. The number of phenolic OH excluding ortho intramolecular Hbond substituents is 1. The highest BCUT2D eigenvalue weighted by atomic mass is 32.2. The highest BCUT2D eigenvalue weighted by molar-refractivity contribution is 8.00. The summed E-state index contributed by atoms with van der Waals surface area (Å²) in [7, 11) is 0. The SMILES string of the molecule is NC(=O)CCC(=O)[C@H](CCCN=C(N)N)NC(=O)C1CCCN1C(=O)[C@H](CSCC(=O)OCc1ccccc1)NC(=O)C(CC(N)=O)CC(=O)C(CCC(N)=O)NC(=O)C(Cc1ccccc1)NC(=O)[C@H](Cc1ccc(O)cc1)NC(=O)C1CSC(c2ccc(Oc3ccccc3)cc2)C1. The summed E-state index contributed by atoms with van der Waals surface area (Å²) in [6.07, 6.45) is -2.22. The zero-order valence-corrected chi connectivity index (χ0v) is 56.8. The second-order valence-electron chi connectivity index (χ2n) is 24.4. The van der Waals surface area contributed by atoms with Crippen LogP contribution in [-0.4, -0.2) is 153 Å². The van der Waals surface area contributed by atoms with Crippen molar-refractivity contribution in [1.82, 2.24) is 31.5 Å². The van der Waals surface area contributed by atoms with E-state index in [0.29, 0.717) is 46.8 Å². The standard InChI is InChI=1S/C71H86N12O15S2/c72-61(87)30-28-53(78-67(93)55(34-43-12-4-1-5-13-43)81-68(94)54(35-44-20-24-49(84)25-21-44)80-66(92)48-37-60(100-40-48)46-22-26-51(27-23-46)98-50-16-8-3-9-17-50)59(86)36-47(38-63(74)89)65(91)82-56(41-99-42-64(90)97-39-45-14-6-2-7-15-45)70(96)83-33-11-19-57(83)69(95)79-52(18-10-32-77-71(75)76)58(85)29-31-62(73)88/h1-9,12-17,20-27,47-48,52-57,60,84H,10-11,18-19,28-42H2,(H2,72,87)(H2,73,88)(H2,74,89)(H,78,93)(H,79,95)(H,80,92)(H,81,94)(H,82,91)(H4,75,76,77)/t47?,48?,52-,53?,54-,55?,56-,57?,60?/m0/s1. The number of benzene rings is 5. The van der Waals surface area contributed by atoms with Crippen molar-refractivity contribution in [2.24, 2.45) is 45.5 Å². The van der Waals surface area contributed by atoms with Gasteiger partial charge in [-0.25, -0.2) is 0 Å². The lowest BCUT2D eigenvalue weighted by molar-refractivity contribution is -0.142. The van der Waals surface area contributed by atoms with Gasteiger partial charge in [0, 0.05) is 80.7 Å². The first-order chi connectivity index (χ1) is 48.0. The van der Waals surface area contributed by atoms with Crippen LogP contribution in [-0.2, 0) is 81.7 Å². The van der Waals surface area contributed by atoms with Crippen molar-refractivity contribution in [2.45, 2.75) is 132 Å². The molecule has 0 bridgehead atoms. The molecule has 0 aromatic heterocycles. The number of ether oxygens (including phenoxy) is 2. The summed E-state index contributed by atoms with van der Waals surface area (Å²) >= 11 is 2.48. The summed E-state index contributed by atoms with van der Waals surface area (Å²) in [5, 5.41) is 23.7. The molecule has 2 aliphatic heterocycles. The van der Waals surface area contributed by atoms with Crippen LogP contribution in [0.5, 0.6) is 17.2 Å². The van der Waals surface area contributed by atoms with Gasteiger partial charge in [-0.1, -0.05) is 103 Å². The molecule has 6 unspecified atom stereocenters. The van der Waals surface area contributed by atoms with Crippen LogP contribution >= 0.6 is 23.5 Å². The number of Topliss-reactive ketones (excluding diaryl/α,β-unsaturated/α-hetero) is 2. The number of likely N-dealkylation sites (tertiary alicyclic amines) is 1. The van der Waals surface area contributed by atoms with Crippen molar-refractivity contribution >= 4 is 100 Å². The first-order valence-electron chi connectivity index (χ1n) is 32.8. The smallest absolute Gasteiger partial charge is 0.316 e. The van der Waals surface area contributed by atoms with Gasteiger partial charge in [-0.05, 0) is 97.2 Å². The van der Waals surface area contributed by atoms with E-state index in [-0.39, 0.29) is 93.1 Å². The molecular weight excluding hydrogens is 1320 g/mol. The van der Waals surface area contributed by atoms with E-state index in [0.717, 1.165) is 17.3 Å². The van der Waals surface area contributed by atoms with Gasteiger partial charge in [0.1, 0.15) is 48.0 Å². The minimum atomic E-state index is -1.64. The van der Waals surface area contributed by atoms with Crippen LogP contribution in [0.4, 0.5) is 0 Å². The number of guanidine groups is 1. The van der Waals surface area contributed by atoms with Gasteiger partial charge in [-0.2, -0.15) is 11.8 Å². The van der Waals surface area contributed by atoms with Crippen molar-refractivity contribution in [1.29, 1.82) is 0 Å². The van der Waals surface area contributed by atoms with E-state index in [2.05, 4.69) is 31.6 Å². The second-order valence-corrected chi connectivity index (χ2v) is 26.6. The molecule has 5 aromatic rings. The van der Waals surface area contributed by atoms with Gasteiger partial charge < -0.3 is 74.7 Å². The molecule has 27 nitrogen and oxygen atoms in total. The number of hydrogen-bond acceptors (Lipinski definition) is 18. The fourth-order valence-electron chi connectivity index (χ4n) is 11.4. The number of primary amides is 3. The van der Waals surface area contributed by atoms with Crippen molar-refractivity contribution in [2.75, 3.05) is 30.3 Å². The number of carbonyl (C=O) groups excluding carboxylic acids is 12. The lowest BCUT2D eigenvalue weighted by Gasteiger charge is -2.30. The molecule has 0 saturated carbocycles. The van der Waals surface area contributed by atoms with Gasteiger partial charge in [-0.3, -0.25) is 62.5 Å². The van der Waals surface area contributed by atoms with E-state index >= 15 is 0 Å². The Morgan fingerprint density at radius 3 is 1.78 bits per heavy atom. The Bertz CT molecular complexity index is 3670. The van der Waals surface area contributed by atoms with Crippen LogP contribution in [0, 0.1) is 11.8 Å². The van der Waals surface area contributed by atoms with Crippen LogP contribution in [0.3, 0.4) is 0 Å². The molecule has 0 aliphatic carbocycles. The molecule has 2 fully saturated rings. The maximum atomic E-state index is 14.9. The topological polar surface area (TPSA) is 449 Å². The van der Waals surface area contributed by atoms with E-state index in [4.69, 9.17) is 38.1 Å². The Labute approximate surface area is 587 Å². The number of rotatable bonds is 40. The maximum Gasteiger partial charge on any atom is 0.316 e. The minimum absolute atomic E-state index is 0.00865. The van der Waals surface area contributed by atoms with Crippen LogP contribution in [0.1, 0.15) is 98.1 Å². The molecule has 2 heterocycles. The quantitative estimate of drug-likeness (QED) is 0.0116. The number of nitrogens with one attached hydrogen (secondary N) is 5. The van der Waals surface area contributed by atoms with E-state index in [9.17, 15) is 62.6 Å². The van der Waals surface area contributed by atoms with Crippen molar-refractivity contribution < 1.29 is 72.1 Å². The minimum Gasteiger partial charge on any atom is -0.508 e. The summed E-state index contributed by atoms with van der Waals surface area (Å²) < 4.78 is 11.4. The van der Waals surface area contributed by atoms with E-state index in [1.165, 1.54) is 17.0 Å². The number of aromatic hydroxyl groups is 1. The second kappa shape index (κ2) is 39.3. The number of phenols is 1. The largest absolute Gasteiger partial charge is 0.508 e. The predicted molar refractivity (Wildman–Crippen MR) is 375 cm³/mol. The number of para-hydroxylation sites is 1. The van der Waals surface area contributed by atoms with Gasteiger partial charge >= 0.3 is 5.97 Å². The summed E-state index contributed by atoms with van der Waals surface area (Å²) in [5.74, 6) is -10.8. The number of esters is 1. The van der Waals surface area contributed by atoms with Crippen molar-refractivity contribution in [3.63, 3.8) is 0 Å². The fourth-order valence-corrected chi connectivity index (χ4v) is 13.7. The lowest BCUT2D eigenvalue weighted by atomic mass is 9.92. The van der Waals surface area contributed by atoms with E-state index in [1.54, 1.807) is 84.6 Å². The first-order valence-corrected chi connectivity index (χ1v) is 35.0. The van der Waals surface area contributed by atoms with Gasteiger partial charge in [0.2, 0.25) is 53.2 Å². The number of amides is 9. The first kappa shape index (κ1) is 77.1. The molecule has 2 saturated heterocycles. The Balaban J connectivity index is 1.09. The molecular formula is C71H86N12O15S2. The molecule has 9 amide bonds. The maximum absolute atomic E-state index is 14.9. The highest BCUT2D eigenvalue weighted by Crippen LogP contribution is 2.44. The molecule has 5 aromatic carbocycles. The molecule has 0 radical (unpaired) electrons. The number of aliphatic imine (C=N–C) groups is 1. The number of thioether (sulfide) groups is 2. The van der Waals surface area contributed by atoms with Gasteiger partial charge in [0.15, 0.2) is 17.5 Å². The Kier molecular flexibility index (Phi) is 30.3. The molecule has 16 N–H and O–H groups in total. The predicted octanol–water partition coefficient (Wildman–Crippen LogP) is 2.96. The fraction of sp³-hybridized carbons (Fsp3) is 0.394. The lowest BCUT2D eigenvalue weighted by Crippen LogP contribution is -2.57. The van der Waals surface area contributed by atoms with Gasteiger partial charge in [-0.15, -0.1) is 11.8 Å². The van der Waals surface area contributed by atoms with Crippen LogP contribution in [0.15, 0.2) is 145 Å². The zero-order chi connectivity index (χ0) is 72.1. The average Bonchev–Trinajstić information content (AvgIpc) is 1.45. The number of ketones is 2. The molecule has 7 rings (SSSR count). The molecule has 532 valence electrons. The molecule has 0 spiro atoms. The summed E-state index contributed by atoms with van der Waals surface area (Å²) in [5.41, 5.74) is 30.4. The third-order valence-corrected chi connectivity index (χ3v) is 19.1. The molecule has 100 heavy (non-hydrogen) atoms. The van der Waals surface area contributed by atoms with Crippen molar-refractivity contribution in [3.05, 3.63) is 162 Å². The molecule has 29 heteroatoms. The average molecular weight is 1410 g/mol. The zero-order valence-electron chi connectivity index (χ0n) is 55.2. The number of nitrogens with zero attached hydrogens (tertiary/aromatic N) is 2.